The lowest BCUT2D eigenvalue weighted by Crippen LogP contribution is -2.46. The van der Waals surface area contributed by atoms with Crippen molar-refractivity contribution in [3.63, 3.8) is 0 Å². The Bertz CT molecular complexity index is 760. The summed E-state index contributed by atoms with van der Waals surface area (Å²) >= 11 is 0. The predicted molar refractivity (Wildman–Crippen MR) is 116 cm³/mol. The molecule has 0 radical (unpaired) electrons. The lowest BCUT2D eigenvalue weighted by molar-refractivity contribution is 0.0755. The van der Waals surface area contributed by atoms with E-state index in [4.69, 9.17) is 0 Å². The van der Waals surface area contributed by atoms with Crippen molar-refractivity contribution in [2.24, 2.45) is 0 Å². The molecule has 0 atom stereocenters. The Balaban J connectivity index is 1.60. The van der Waals surface area contributed by atoms with E-state index in [0.29, 0.717) is 5.56 Å². The lowest BCUT2D eigenvalue weighted by atomic mass is 10.2. The minimum Gasteiger partial charge on any atom is -0.368 e. The molecule has 1 aliphatic heterocycles. The van der Waals surface area contributed by atoms with Gasteiger partial charge in [0, 0.05) is 51.2 Å². The summed E-state index contributed by atoms with van der Waals surface area (Å²) in [6.45, 7) is 11.8. The van der Waals surface area contributed by atoms with Gasteiger partial charge in [0.1, 0.15) is 5.82 Å². The third-order valence-corrected chi connectivity index (χ3v) is 5.24. The molecule has 0 saturated carbocycles. The fourth-order valence-electron chi connectivity index (χ4n) is 3.76. The number of aromatic nitrogens is 1. The van der Waals surface area contributed by atoms with Crippen LogP contribution in [0.3, 0.4) is 0 Å². The lowest BCUT2D eigenvalue weighted by Gasteiger charge is -2.37. The highest BCUT2D eigenvalue weighted by atomic mass is 16.2. The van der Waals surface area contributed by atoms with Crippen LogP contribution < -0.4 is 9.80 Å². The van der Waals surface area contributed by atoms with Crippen molar-refractivity contribution in [3.05, 3.63) is 53.7 Å². The number of rotatable bonds is 7. The van der Waals surface area contributed by atoms with Crippen molar-refractivity contribution < 1.29 is 4.79 Å². The van der Waals surface area contributed by atoms with Crippen LogP contribution in [0.2, 0.25) is 0 Å². The molecule has 0 unspecified atom stereocenters. The SMILES string of the molecule is CCCN(CCC)C(=O)c1ccc(N2CCN(c3cccc(C)c3)CC2)nc1. The summed E-state index contributed by atoms with van der Waals surface area (Å²) in [7, 11) is 0. The monoisotopic (exact) mass is 380 g/mol. The van der Waals surface area contributed by atoms with Crippen molar-refractivity contribution in [1.82, 2.24) is 9.88 Å². The van der Waals surface area contributed by atoms with E-state index in [-0.39, 0.29) is 5.91 Å². The van der Waals surface area contributed by atoms with Gasteiger partial charge < -0.3 is 14.7 Å². The summed E-state index contributed by atoms with van der Waals surface area (Å²) in [6, 6.07) is 12.6. The number of nitrogens with zero attached hydrogens (tertiary/aromatic N) is 4. The molecule has 28 heavy (non-hydrogen) atoms. The normalized spacial score (nSPS) is 14.2. The zero-order valence-corrected chi connectivity index (χ0v) is 17.4. The first-order valence-corrected chi connectivity index (χ1v) is 10.4. The number of piperazine rings is 1. The van der Waals surface area contributed by atoms with Crippen LogP contribution in [-0.2, 0) is 0 Å². The fourth-order valence-corrected chi connectivity index (χ4v) is 3.76. The maximum Gasteiger partial charge on any atom is 0.255 e. The summed E-state index contributed by atoms with van der Waals surface area (Å²) in [6.07, 6.45) is 3.69. The van der Waals surface area contributed by atoms with Gasteiger partial charge in [0.05, 0.1) is 5.56 Å². The third kappa shape index (κ3) is 4.83. The molecule has 1 aromatic carbocycles. The average Bonchev–Trinajstić information content (AvgIpc) is 2.73. The zero-order valence-electron chi connectivity index (χ0n) is 17.4. The van der Waals surface area contributed by atoms with Crippen LogP contribution in [0.5, 0.6) is 0 Å². The van der Waals surface area contributed by atoms with Crippen molar-refractivity contribution in [1.29, 1.82) is 0 Å². The van der Waals surface area contributed by atoms with Gasteiger partial charge in [-0.15, -0.1) is 0 Å². The summed E-state index contributed by atoms with van der Waals surface area (Å²) in [4.78, 5) is 24.0. The van der Waals surface area contributed by atoms with Gasteiger partial charge in [-0.05, 0) is 49.6 Å². The molecule has 1 fully saturated rings. The second kappa shape index (κ2) is 9.58. The van der Waals surface area contributed by atoms with Crippen molar-refractivity contribution in [2.75, 3.05) is 49.1 Å². The van der Waals surface area contributed by atoms with E-state index < -0.39 is 0 Å². The summed E-state index contributed by atoms with van der Waals surface area (Å²) in [5.74, 6) is 1.05. The second-order valence-electron chi connectivity index (χ2n) is 7.51. The third-order valence-electron chi connectivity index (χ3n) is 5.24. The number of carbonyl (C=O) groups excluding carboxylic acids is 1. The van der Waals surface area contributed by atoms with Crippen LogP contribution in [0.1, 0.15) is 42.6 Å². The summed E-state index contributed by atoms with van der Waals surface area (Å²) in [5.41, 5.74) is 3.27. The largest absolute Gasteiger partial charge is 0.368 e. The molecule has 5 nitrogen and oxygen atoms in total. The van der Waals surface area contributed by atoms with E-state index in [1.807, 2.05) is 17.0 Å². The molecule has 0 aliphatic carbocycles. The molecule has 3 rings (SSSR count). The molecule has 1 aliphatic rings. The second-order valence-corrected chi connectivity index (χ2v) is 7.51. The van der Waals surface area contributed by atoms with Crippen LogP contribution in [0.15, 0.2) is 42.6 Å². The van der Waals surface area contributed by atoms with E-state index >= 15 is 0 Å². The number of hydrogen-bond acceptors (Lipinski definition) is 4. The Morgan fingerprint density at radius 3 is 2.25 bits per heavy atom. The topological polar surface area (TPSA) is 39.7 Å². The molecule has 0 N–H and O–H groups in total. The number of aryl methyl sites for hydroxylation is 1. The van der Waals surface area contributed by atoms with Gasteiger partial charge in [0.25, 0.3) is 5.91 Å². The van der Waals surface area contributed by atoms with Gasteiger partial charge >= 0.3 is 0 Å². The molecule has 0 spiro atoms. The summed E-state index contributed by atoms with van der Waals surface area (Å²) < 4.78 is 0. The van der Waals surface area contributed by atoms with Gasteiger partial charge in [-0.2, -0.15) is 0 Å². The van der Waals surface area contributed by atoms with Gasteiger partial charge in [-0.25, -0.2) is 4.98 Å². The number of pyridine rings is 1. The number of anilines is 2. The van der Waals surface area contributed by atoms with Gasteiger partial charge in [0.15, 0.2) is 0 Å². The molecular weight excluding hydrogens is 348 g/mol. The van der Waals surface area contributed by atoms with E-state index in [2.05, 4.69) is 59.8 Å². The van der Waals surface area contributed by atoms with E-state index in [9.17, 15) is 4.79 Å². The average molecular weight is 381 g/mol. The maximum atomic E-state index is 12.7. The molecule has 1 amide bonds. The van der Waals surface area contributed by atoms with E-state index in [0.717, 1.165) is 57.9 Å². The van der Waals surface area contributed by atoms with Crippen LogP contribution in [0.25, 0.3) is 0 Å². The van der Waals surface area contributed by atoms with Gasteiger partial charge in [0.2, 0.25) is 0 Å². The first-order chi connectivity index (χ1) is 13.6. The highest BCUT2D eigenvalue weighted by Crippen LogP contribution is 2.20. The highest BCUT2D eigenvalue weighted by molar-refractivity contribution is 5.94. The van der Waals surface area contributed by atoms with Crippen LogP contribution in [0, 0.1) is 6.92 Å². The van der Waals surface area contributed by atoms with Crippen LogP contribution in [0.4, 0.5) is 11.5 Å². The van der Waals surface area contributed by atoms with Gasteiger partial charge in [-0.1, -0.05) is 26.0 Å². The maximum absolute atomic E-state index is 12.7. The number of amides is 1. The Kier molecular flexibility index (Phi) is 6.90. The molecule has 2 heterocycles. The molecule has 1 aromatic heterocycles. The Hall–Kier alpha value is -2.56. The van der Waals surface area contributed by atoms with Crippen molar-refractivity contribution in [2.45, 2.75) is 33.6 Å². The first-order valence-electron chi connectivity index (χ1n) is 10.4. The van der Waals surface area contributed by atoms with Crippen LogP contribution in [-0.4, -0.2) is 55.1 Å². The minimum atomic E-state index is 0.0898. The minimum absolute atomic E-state index is 0.0898. The van der Waals surface area contributed by atoms with E-state index in [1.54, 1.807) is 6.20 Å². The van der Waals surface area contributed by atoms with Crippen molar-refractivity contribution in [3.8, 4) is 0 Å². The molecule has 1 saturated heterocycles. The molecule has 5 heteroatoms. The predicted octanol–water partition coefficient (Wildman–Crippen LogP) is 3.98. The molecule has 2 aromatic rings. The van der Waals surface area contributed by atoms with Gasteiger partial charge in [-0.3, -0.25) is 4.79 Å². The molecule has 150 valence electrons. The fraction of sp³-hybridized carbons (Fsp3) is 0.478. The number of carbonyl (C=O) groups is 1. The first kappa shape index (κ1) is 20.2. The highest BCUT2D eigenvalue weighted by Gasteiger charge is 2.20. The van der Waals surface area contributed by atoms with E-state index in [1.165, 1.54) is 11.3 Å². The molecular formula is C23H32N4O. The Labute approximate surface area is 169 Å². The summed E-state index contributed by atoms with van der Waals surface area (Å²) in [5, 5.41) is 0. The Morgan fingerprint density at radius 2 is 1.68 bits per heavy atom. The Morgan fingerprint density at radius 1 is 1.00 bits per heavy atom. The zero-order chi connectivity index (χ0) is 19.9. The quantitative estimate of drug-likeness (QED) is 0.728. The molecule has 0 bridgehead atoms. The standard InChI is InChI=1S/C23H32N4O/c1-4-11-27(12-5-2)23(28)20-9-10-22(24-18-20)26-15-13-25(14-16-26)21-8-6-7-19(3)17-21/h6-10,17-18H,4-5,11-16H2,1-3H3. The number of hydrogen-bond donors (Lipinski definition) is 0. The number of benzene rings is 1. The van der Waals surface area contributed by atoms with Crippen LogP contribution >= 0.6 is 0 Å². The van der Waals surface area contributed by atoms with Crippen molar-refractivity contribution >= 4 is 17.4 Å². The smallest absolute Gasteiger partial charge is 0.255 e.